The molecule has 1 aromatic heterocycles. The smallest absolute Gasteiger partial charge is 0.194 e. The van der Waals surface area contributed by atoms with E-state index >= 15 is 0 Å². The fraction of sp³-hybridized carbons (Fsp3) is 0.565. The van der Waals surface area contributed by atoms with Crippen LogP contribution in [0.25, 0.3) is 0 Å². The molecule has 3 heterocycles. The summed E-state index contributed by atoms with van der Waals surface area (Å²) in [5, 5.41) is 17.4. The summed E-state index contributed by atoms with van der Waals surface area (Å²) in [5.41, 5.74) is 2.74. The highest BCUT2D eigenvalue weighted by Crippen LogP contribution is 2.27. The van der Waals surface area contributed by atoms with Gasteiger partial charge in [-0.2, -0.15) is 5.10 Å². The second-order valence-corrected chi connectivity index (χ2v) is 8.55. The van der Waals surface area contributed by atoms with Gasteiger partial charge in [0.2, 0.25) is 0 Å². The zero-order valence-corrected chi connectivity index (χ0v) is 18.5. The largest absolute Gasteiger partial charge is 0.393 e. The van der Waals surface area contributed by atoms with Gasteiger partial charge in [0.05, 0.1) is 24.5 Å². The molecule has 7 nitrogen and oxygen atoms in total. The van der Waals surface area contributed by atoms with Crippen LogP contribution in [-0.4, -0.2) is 64.6 Å². The number of aliphatic hydroxyl groups excluding tert-OH is 1. The predicted octanol–water partition coefficient (Wildman–Crippen LogP) is 2.48. The number of benzene rings is 1. The summed E-state index contributed by atoms with van der Waals surface area (Å²) in [6, 6.07) is 5.40. The maximum atomic E-state index is 14.8. The standard InChI is InChI=1S/C23H33FN6O/c1-3-25-23(30-9-6-18(16-30)19-14-27-28(2)15-19)26-13-17-4-5-22(21(24)12-17)29-10-7-20(31)8-11-29/h4-5,12,14-15,18,20,31H,3,6-11,13,16H2,1-2H3,(H,25,26). The lowest BCUT2D eigenvalue weighted by molar-refractivity contribution is 0.145. The molecule has 31 heavy (non-hydrogen) atoms. The van der Waals surface area contributed by atoms with Gasteiger partial charge in [0, 0.05) is 51.9 Å². The lowest BCUT2D eigenvalue weighted by Crippen LogP contribution is -2.40. The van der Waals surface area contributed by atoms with Crippen LogP contribution in [0, 0.1) is 5.82 Å². The number of rotatable bonds is 5. The van der Waals surface area contributed by atoms with Crippen LogP contribution >= 0.6 is 0 Å². The Hall–Kier alpha value is -2.61. The number of likely N-dealkylation sites (tertiary alicyclic amines) is 1. The number of hydrogen-bond acceptors (Lipinski definition) is 4. The normalized spacial score (nSPS) is 20.5. The van der Waals surface area contributed by atoms with Gasteiger partial charge in [0.1, 0.15) is 5.82 Å². The summed E-state index contributed by atoms with van der Waals surface area (Å²) in [7, 11) is 1.95. The van der Waals surface area contributed by atoms with Crippen molar-refractivity contribution in [2.24, 2.45) is 12.0 Å². The Morgan fingerprint density at radius 1 is 1.26 bits per heavy atom. The molecule has 1 unspecified atom stereocenters. The van der Waals surface area contributed by atoms with E-state index in [2.05, 4.69) is 28.4 Å². The van der Waals surface area contributed by atoms with Crippen molar-refractivity contribution in [1.82, 2.24) is 20.0 Å². The molecule has 1 atom stereocenters. The van der Waals surface area contributed by atoms with Crippen LogP contribution in [0.1, 0.15) is 43.2 Å². The first-order valence-corrected chi connectivity index (χ1v) is 11.3. The fourth-order valence-electron chi connectivity index (χ4n) is 4.48. The van der Waals surface area contributed by atoms with Crippen LogP contribution in [0.5, 0.6) is 0 Å². The van der Waals surface area contributed by atoms with Gasteiger partial charge in [-0.05, 0) is 49.4 Å². The molecule has 4 rings (SSSR count). The van der Waals surface area contributed by atoms with Crippen molar-refractivity contribution < 1.29 is 9.50 Å². The highest BCUT2D eigenvalue weighted by Gasteiger charge is 2.27. The highest BCUT2D eigenvalue weighted by atomic mass is 19.1. The first-order valence-electron chi connectivity index (χ1n) is 11.3. The zero-order valence-electron chi connectivity index (χ0n) is 18.5. The van der Waals surface area contributed by atoms with Crippen molar-refractivity contribution in [2.45, 2.75) is 44.8 Å². The second-order valence-electron chi connectivity index (χ2n) is 8.55. The quantitative estimate of drug-likeness (QED) is 0.566. The molecule has 1 aromatic carbocycles. The Kier molecular flexibility index (Phi) is 6.75. The minimum absolute atomic E-state index is 0.216. The van der Waals surface area contributed by atoms with Gasteiger partial charge in [-0.1, -0.05) is 6.07 Å². The van der Waals surface area contributed by atoms with E-state index in [0.29, 0.717) is 44.1 Å². The Bertz CT molecular complexity index is 905. The lowest BCUT2D eigenvalue weighted by atomic mass is 10.0. The van der Waals surface area contributed by atoms with Crippen LogP contribution in [0.2, 0.25) is 0 Å². The van der Waals surface area contributed by atoms with Crippen molar-refractivity contribution in [3.63, 3.8) is 0 Å². The molecule has 2 aliphatic heterocycles. The molecule has 0 radical (unpaired) electrons. The third-order valence-electron chi connectivity index (χ3n) is 6.25. The van der Waals surface area contributed by atoms with Crippen molar-refractivity contribution in [2.75, 3.05) is 37.6 Å². The van der Waals surface area contributed by atoms with Crippen LogP contribution in [-0.2, 0) is 13.6 Å². The minimum Gasteiger partial charge on any atom is -0.393 e. The number of nitrogens with one attached hydrogen (secondary N) is 1. The minimum atomic E-state index is -0.263. The van der Waals surface area contributed by atoms with Gasteiger partial charge in [0.15, 0.2) is 5.96 Å². The van der Waals surface area contributed by atoms with E-state index in [1.165, 1.54) is 5.56 Å². The highest BCUT2D eigenvalue weighted by molar-refractivity contribution is 5.80. The van der Waals surface area contributed by atoms with Crippen molar-refractivity contribution in [3.05, 3.63) is 47.5 Å². The molecule has 2 aliphatic rings. The Labute approximate surface area is 183 Å². The van der Waals surface area contributed by atoms with Crippen molar-refractivity contribution in [1.29, 1.82) is 0 Å². The summed E-state index contributed by atoms with van der Waals surface area (Å²) in [6.07, 6.45) is 6.22. The van der Waals surface area contributed by atoms with Crippen LogP contribution in [0.3, 0.4) is 0 Å². The summed E-state index contributed by atoms with van der Waals surface area (Å²) in [4.78, 5) is 9.09. The van der Waals surface area contributed by atoms with E-state index in [1.807, 2.05) is 35.0 Å². The van der Waals surface area contributed by atoms with Gasteiger partial charge in [-0.3, -0.25) is 4.68 Å². The van der Waals surface area contributed by atoms with Gasteiger partial charge >= 0.3 is 0 Å². The second kappa shape index (κ2) is 9.68. The number of hydrogen-bond donors (Lipinski definition) is 2. The topological polar surface area (TPSA) is 68.9 Å². The number of piperidine rings is 1. The number of aromatic nitrogens is 2. The Balaban J connectivity index is 1.41. The number of nitrogens with zero attached hydrogens (tertiary/aromatic N) is 5. The molecule has 8 heteroatoms. The molecule has 2 fully saturated rings. The van der Waals surface area contributed by atoms with Crippen LogP contribution < -0.4 is 10.2 Å². The number of aliphatic hydroxyl groups is 1. The first kappa shape index (κ1) is 21.6. The van der Waals surface area contributed by atoms with Gasteiger partial charge < -0.3 is 20.2 Å². The molecular weight excluding hydrogens is 395 g/mol. The number of halogens is 1. The third-order valence-corrected chi connectivity index (χ3v) is 6.25. The molecule has 0 bridgehead atoms. The summed E-state index contributed by atoms with van der Waals surface area (Å²) in [5.74, 6) is 1.12. The monoisotopic (exact) mass is 428 g/mol. The number of anilines is 1. The third kappa shape index (κ3) is 5.18. The average Bonchev–Trinajstić information content (AvgIpc) is 3.41. The summed E-state index contributed by atoms with van der Waals surface area (Å²) in [6.45, 7) is 6.52. The van der Waals surface area contributed by atoms with Crippen molar-refractivity contribution in [3.8, 4) is 0 Å². The van der Waals surface area contributed by atoms with Crippen LogP contribution in [0.15, 0.2) is 35.6 Å². The Morgan fingerprint density at radius 3 is 2.74 bits per heavy atom. The van der Waals surface area contributed by atoms with E-state index in [9.17, 15) is 9.50 Å². The maximum absolute atomic E-state index is 14.8. The Morgan fingerprint density at radius 2 is 2.06 bits per heavy atom. The van der Waals surface area contributed by atoms with Gasteiger partial charge in [0.25, 0.3) is 0 Å². The van der Waals surface area contributed by atoms with E-state index < -0.39 is 0 Å². The SMILES string of the molecule is CCNC(=NCc1ccc(N2CCC(O)CC2)c(F)c1)N1CCC(c2cnn(C)c2)C1. The molecule has 0 amide bonds. The van der Waals surface area contributed by atoms with Crippen LogP contribution in [0.4, 0.5) is 10.1 Å². The molecule has 2 N–H and O–H groups in total. The number of aliphatic imine (C=N–C) groups is 1. The van der Waals surface area contributed by atoms with Gasteiger partial charge in [-0.15, -0.1) is 0 Å². The number of aryl methyl sites for hydroxylation is 1. The molecule has 2 aromatic rings. The number of guanidine groups is 1. The van der Waals surface area contributed by atoms with Crippen molar-refractivity contribution >= 4 is 11.6 Å². The summed E-state index contributed by atoms with van der Waals surface area (Å²) < 4.78 is 16.6. The fourth-order valence-corrected chi connectivity index (χ4v) is 4.48. The van der Waals surface area contributed by atoms with Gasteiger partial charge in [-0.25, -0.2) is 9.38 Å². The lowest BCUT2D eigenvalue weighted by Gasteiger charge is -2.31. The van der Waals surface area contributed by atoms with E-state index in [1.54, 1.807) is 6.07 Å². The molecule has 168 valence electrons. The maximum Gasteiger partial charge on any atom is 0.194 e. The molecule has 0 aliphatic carbocycles. The molecule has 0 spiro atoms. The van der Waals surface area contributed by atoms with E-state index in [4.69, 9.17) is 4.99 Å². The van der Waals surface area contributed by atoms with E-state index in [-0.39, 0.29) is 11.9 Å². The van der Waals surface area contributed by atoms with E-state index in [0.717, 1.165) is 37.6 Å². The first-order chi connectivity index (χ1) is 15.0. The predicted molar refractivity (Wildman–Crippen MR) is 121 cm³/mol. The zero-order chi connectivity index (χ0) is 21.8. The average molecular weight is 429 g/mol. The summed E-state index contributed by atoms with van der Waals surface area (Å²) >= 11 is 0. The molecule has 2 saturated heterocycles. The molecule has 0 saturated carbocycles. The molecular formula is C23H33FN6O.